The lowest BCUT2D eigenvalue weighted by atomic mass is 10.1. The Morgan fingerprint density at radius 1 is 1.36 bits per heavy atom. The molecule has 0 aliphatic carbocycles. The molecule has 0 bridgehead atoms. The number of ether oxygens (including phenoxy) is 1. The van der Waals surface area contributed by atoms with Crippen LogP contribution in [0.15, 0.2) is 0 Å². The number of aliphatic hydroxyl groups excluding tert-OH is 1. The van der Waals surface area contributed by atoms with E-state index >= 15 is 0 Å². The summed E-state index contributed by atoms with van der Waals surface area (Å²) < 4.78 is 5.14. The summed E-state index contributed by atoms with van der Waals surface area (Å²) in [6.45, 7) is 4.31. The summed E-state index contributed by atoms with van der Waals surface area (Å²) in [5, 5.41) is 15.3. The first-order valence-electron chi connectivity index (χ1n) is 5.56. The van der Waals surface area contributed by atoms with Gasteiger partial charge in [-0.3, -0.25) is 0 Å². The van der Waals surface area contributed by atoms with E-state index in [4.69, 9.17) is 9.84 Å². The number of hydrogen-bond donors (Lipinski definition) is 3. The minimum absolute atomic E-state index is 0.115. The smallest absolute Gasteiger partial charge is 0.0698 e. The molecule has 1 unspecified atom stereocenters. The zero-order chi connectivity index (χ0) is 10.1. The molecule has 0 aromatic heterocycles. The zero-order valence-corrected chi connectivity index (χ0v) is 8.80. The predicted molar refractivity (Wildman–Crippen MR) is 56.4 cm³/mol. The molecular weight excluding hydrogens is 180 g/mol. The van der Waals surface area contributed by atoms with E-state index in [1.165, 1.54) is 19.3 Å². The van der Waals surface area contributed by atoms with Crippen molar-refractivity contribution >= 4 is 0 Å². The average molecular weight is 202 g/mol. The van der Waals surface area contributed by atoms with Crippen molar-refractivity contribution in [2.45, 2.75) is 25.3 Å². The molecule has 4 nitrogen and oxygen atoms in total. The van der Waals surface area contributed by atoms with Crippen molar-refractivity contribution in [2.75, 3.05) is 39.5 Å². The van der Waals surface area contributed by atoms with E-state index in [-0.39, 0.29) is 6.61 Å². The van der Waals surface area contributed by atoms with Crippen LogP contribution in [0.4, 0.5) is 0 Å². The molecule has 1 aliphatic rings. The van der Waals surface area contributed by atoms with E-state index in [1.54, 1.807) is 0 Å². The molecule has 0 spiro atoms. The van der Waals surface area contributed by atoms with Gasteiger partial charge in [0.25, 0.3) is 0 Å². The Balaban J connectivity index is 1.82. The third-order valence-corrected chi connectivity index (χ3v) is 2.46. The average Bonchev–Trinajstić information content (AvgIpc) is 2.25. The van der Waals surface area contributed by atoms with Crippen molar-refractivity contribution in [3.8, 4) is 0 Å². The first-order valence-corrected chi connectivity index (χ1v) is 5.56. The SMILES string of the molecule is OCCOCCNCC1CCCCN1. The second kappa shape index (κ2) is 8.17. The Morgan fingerprint density at radius 3 is 3.00 bits per heavy atom. The van der Waals surface area contributed by atoms with Crippen LogP contribution in [-0.4, -0.2) is 50.6 Å². The normalized spacial score (nSPS) is 22.5. The van der Waals surface area contributed by atoms with E-state index in [9.17, 15) is 0 Å². The summed E-state index contributed by atoms with van der Waals surface area (Å²) in [4.78, 5) is 0. The molecule has 84 valence electrons. The molecule has 0 aromatic rings. The minimum atomic E-state index is 0.115. The molecule has 1 saturated heterocycles. The Labute approximate surface area is 86.0 Å². The van der Waals surface area contributed by atoms with Crippen molar-refractivity contribution in [2.24, 2.45) is 0 Å². The lowest BCUT2D eigenvalue weighted by Crippen LogP contribution is -2.42. The lowest BCUT2D eigenvalue weighted by Gasteiger charge is -2.23. The Hall–Kier alpha value is -0.160. The van der Waals surface area contributed by atoms with Crippen LogP contribution in [0, 0.1) is 0 Å². The van der Waals surface area contributed by atoms with Crippen LogP contribution < -0.4 is 10.6 Å². The molecule has 1 heterocycles. The first kappa shape index (κ1) is 11.9. The van der Waals surface area contributed by atoms with Gasteiger partial charge in [-0.15, -0.1) is 0 Å². The van der Waals surface area contributed by atoms with Gasteiger partial charge in [-0.25, -0.2) is 0 Å². The summed E-state index contributed by atoms with van der Waals surface area (Å²) in [5.41, 5.74) is 0. The van der Waals surface area contributed by atoms with E-state index in [2.05, 4.69) is 10.6 Å². The van der Waals surface area contributed by atoms with Gasteiger partial charge in [-0.1, -0.05) is 6.42 Å². The third kappa shape index (κ3) is 5.54. The van der Waals surface area contributed by atoms with Crippen molar-refractivity contribution in [1.82, 2.24) is 10.6 Å². The van der Waals surface area contributed by atoms with Gasteiger partial charge >= 0.3 is 0 Å². The highest BCUT2D eigenvalue weighted by molar-refractivity contribution is 4.73. The van der Waals surface area contributed by atoms with Gasteiger partial charge < -0.3 is 20.5 Å². The van der Waals surface area contributed by atoms with Gasteiger partial charge in [0.15, 0.2) is 0 Å². The Kier molecular flexibility index (Phi) is 6.95. The Bertz CT molecular complexity index is 127. The fourth-order valence-corrected chi connectivity index (χ4v) is 1.69. The van der Waals surface area contributed by atoms with Crippen molar-refractivity contribution < 1.29 is 9.84 Å². The maximum atomic E-state index is 8.47. The van der Waals surface area contributed by atoms with Gasteiger partial charge in [-0.05, 0) is 19.4 Å². The molecule has 1 rings (SSSR count). The highest BCUT2D eigenvalue weighted by Gasteiger charge is 2.10. The van der Waals surface area contributed by atoms with E-state index in [1.807, 2.05) is 0 Å². The molecule has 0 amide bonds. The van der Waals surface area contributed by atoms with Gasteiger partial charge in [0.2, 0.25) is 0 Å². The van der Waals surface area contributed by atoms with Gasteiger partial charge in [0, 0.05) is 19.1 Å². The number of hydrogen-bond acceptors (Lipinski definition) is 4. The molecule has 4 heteroatoms. The van der Waals surface area contributed by atoms with E-state index in [0.29, 0.717) is 19.3 Å². The van der Waals surface area contributed by atoms with E-state index < -0.39 is 0 Å². The van der Waals surface area contributed by atoms with Crippen LogP contribution in [0.3, 0.4) is 0 Å². The first-order chi connectivity index (χ1) is 6.93. The van der Waals surface area contributed by atoms with E-state index in [0.717, 1.165) is 19.6 Å². The highest BCUT2D eigenvalue weighted by atomic mass is 16.5. The van der Waals surface area contributed by atoms with Crippen molar-refractivity contribution in [3.63, 3.8) is 0 Å². The summed E-state index contributed by atoms with van der Waals surface area (Å²) >= 11 is 0. The van der Waals surface area contributed by atoms with Crippen molar-refractivity contribution in [1.29, 1.82) is 0 Å². The predicted octanol–water partition coefficient (Wildman–Crippen LogP) is -0.273. The number of aliphatic hydroxyl groups is 1. The molecule has 0 saturated carbocycles. The largest absolute Gasteiger partial charge is 0.394 e. The summed E-state index contributed by atoms with van der Waals surface area (Å²) in [5.74, 6) is 0. The topological polar surface area (TPSA) is 53.5 Å². The van der Waals surface area contributed by atoms with Gasteiger partial charge in [0.1, 0.15) is 0 Å². The number of nitrogens with one attached hydrogen (secondary N) is 2. The maximum Gasteiger partial charge on any atom is 0.0698 e. The Morgan fingerprint density at radius 2 is 2.29 bits per heavy atom. The van der Waals surface area contributed by atoms with Gasteiger partial charge in [0.05, 0.1) is 19.8 Å². The number of rotatable bonds is 7. The van der Waals surface area contributed by atoms with Crippen LogP contribution in [0.5, 0.6) is 0 Å². The molecule has 1 aliphatic heterocycles. The molecule has 1 fully saturated rings. The van der Waals surface area contributed by atoms with Gasteiger partial charge in [-0.2, -0.15) is 0 Å². The molecule has 0 radical (unpaired) electrons. The quantitative estimate of drug-likeness (QED) is 0.497. The molecular formula is C10H22N2O2. The second-order valence-corrected chi connectivity index (χ2v) is 3.69. The number of piperidine rings is 1. The standard InChI is InChI=1S/C10H22N2O2/c13-6-8-14-7-5-11-9-10-3-1-2-4-12-10/h10-13H,1-9H2. The minimum Gasteiger partial charge on any atom is -0.394 e. The fourth-order valence-electron chi connectivity index (χ4n) is 1.69. The van der Waals surface area contributed by atoms with Crippen molar-refractivity contribution in [3.05, 3.63) is 0 Å². The third-order valence-electron chi connectivity index (χ3n) is 2.46. The van der Waals surface area contributed by atoms with Crippen LogP contribution >= 0.6 is 0 Å². The fraction of sp³-hybridized carbons (Fsp3) is 1.00. The zero-order valence-electron chi connectivity index (χ0n) is 8.80. The second-order valence-electron chi connectivity index (χ2n) is 3.69. The van der Waals surface area contributed by atoms with Crippen LogP contribution in [0.25, 0.3) is 0 Å². The molecule has 1 atom stereocenters. The monoisotopic (exact) mass is 202 g/mol. The lowest BCUT2D eigenvalue weighted by molar-refractivity contribution is 0.0935. The van der Waals surface area contributed by atoms with Crippen LogP contribution in [-0.2, 0) is 4.74 Å². The van der Waals surface area contributed by atoms with Crippen LogP contribution in [0.1, 0.15) is 19.3 Å². The maximum absolute atomic E-state index is 8.47. The highest BCUT2D eigenvalue weighted by Crippen LogP contribution is 2.05. The summed E-state index contributed by atoms with van der Waals surface area (Å²) in [7, 11) is 0. The molecule has 14 heavy (non-hydrogen) atoms. The summed E-state index contributed by atoms with van der Waals surface area (Å²) in [6, 6.07) is 0.640. The molecule has 0 aromatic carbocycles. The van der Waals surface area contributed by atoms with Crippen LogP contribution in [0.2, 0.25) is 0 Å². The summed E-state index contributed by atoms with van der Waals surface area (Å²) in [6.07, 6.45) is 3.95. The molecule has 3 N–H and O–H groups in total.